The standard InChI is InChI=1S/C19H24O6/c1-10(21)23-8-13-9-24-18(25-11(2)22)16-12(7-20)5-6-14-17(15(13)16)19(14,3)4/h5,7,9,14-18H,6,8H2,1-4H3. The molecular formula is C19H24O6. The topological polar surface area (TPSA) is 78.9 Å². The Labute approximate surface area is 147 Å². The highest BCUT2D eigenvalue weighted by molar-refractivity contribution is 5.75. The van der Waals surface area contributed by atoms with Gasteiger partial charge in [0.25, 0.3) is 6.29 Å². The number of hydrogen-bond donors (Lipinski definition) is 0. The van der Waals surface area contributed by atoms with Crippen LogP contribution in [0.15, 0.2) is 23.5 Å². The van der Waals surface area contributed by atoms with Crippen LogP contribution in [0.2, 0.25) is 0 Å². The number of carbonyl (C=O) groups excluding carboxylic acids is 3. The van der Waals surface area contributed by atoms with Crippen LogP contribution >= 0.6 is 0 Å². The molecule has 1 aliphatic heterocycles. The summed E-state index contributed by atoms with van der Waals surface area (Å²) >= 11 is 0. The highest BCUT2D eigenvalue weighted by Gasteiger charge is 2.65. The molecule has 0 aromatic rings. The van der Waals surface area contributed by atoms with Crippen LogP contribution in [0.5, 0.6) is 0 Å². The molecule has 2 aliphatic carbocycles. The fraction of sp³-hybridized carbons (Fsp3) is 0.632. The fourth-order valence-corrected chi connectivity index (χ4v) is 4.59. The van der Waals surface area contributed by atoms with E-state index in [4.69, 9.17) is 14.2 Å². The van der Waals surface area contributed by atoms with E-state index in [1.165, 1.54) is 20.1 Å². The molecule has 0 radical (unpaired) electrons. The van der Waals surface area contributed by atoms with E-state index in [1.54, 1.807) is 0 Å². The minimum absolute atomic E-state index is 0.0589. The molecule has 0 amide bonds. The van der Waals surface area contributed by atoms with Crippen LogP contribution in [0.4, 0.5) is 0 Å². The number of fused-ring (bicyclic) bond motifs is 3. The smallest absolute Gasteiger partial charge is 0.305 e. The van der Waals surface area contributed by atoms with Crippen molar-refractivity contribution in [3.05, 3.63) is 23.5 Å². The van der Waals surface area contributed by atoms with E-state index in [0.29, 0.717) is 17.4 Å². The first-order chi connectivity index (χ1) is 11.8. The van der Waals surface area contributed by atoms with Crippen molar-refractivity contribution in [2.75, 3.05) is 6.61 Å². The molecule has 0 aromatic heterocycles. The Morgan fingerprint density at radius 2 is 2.00 bits per heavy atom. The van der Waals surface area contributed by atoms with Gasteiger partial charge in [0.1, 0.15) is 12.9 Å². The maximum absolute atomic E-state index is 11.7. The van der Waals surface area contributed by atoms with E-state index in [0.717, 1.165) is 18.3 Å². The van der Waals surface area contributed by atoms with Crippen LogP contribution in [0.1, 0.15) is 34.1 Å². The van der Waals surface area contributed by atoms with Crippen LogP contribution in [-0.2, 0) is 28.6 Å². The maximum atomic E-state index is 11.7. The van der Waals surface area contributed by atoms with Gasteiger partial charge >= 0.3 is 11.9 Å². The summed E-state index contributed by atoms with van der Waals surface area (Å²) in [5.74, 6) is -0.512. The molecule has 0 N–H and O–H groups in total. The predicted octanol–water partition coefficient (Wildman–Crippen LogP) is 2.39. The molecule has 136 valence electrons. The zero-order valence-electron chi connectivity index (χ0n) is 15.0. The lowest BCUT2D eigenvalue weighted by atomic mass is 9.75. The highest BCUT2D eigenvalue weighted by atomic mass is 16.7. The molecule has 6 heteroatoms. The number of esters is 2. The Bertz CT molecular complexity index is 659. The second-order valence-electron chi connectivity index (χ2n) is 7.65. The Balaban J connectivity index is 1.99. The molecular weight excluding hydrogens is 324 g/mol. The van der Waals surface area contributed by atoms with Crippen molar-refractivity contribution in [2.45, 2.75) is 40.4 Å². The van der Waals surface area contributed by atoms with Crippen molar-refractivity contribution in [2.24, 2.45) is 29.1 Å². The largest absolute Gasteiger partial charge is 0.462 e. The first-order valence-corrected chi connectivity index (χ1v) is 8.57. The summed E-state index contributed by atoms with van der Waals surface area (Å²) in [7, 11) is 0. The molecule has 0 spiro atoms. The Kier molecular flexibility index (Phi) is 4.47. The van der Waals surface area contributed by atoms with Crippen LogP contribution in [0.25, 0.3) is 0 Å². The van der Waals surface area contributed by atoms with Gasteiger partial charge in [0, 0.05) is 25.3 Å². The minimum atomic E-state index is -0.838. The van der Waals surface area contributed by atoms with Crippen LogP contribution in [-0.4, -0.2) is 31.1 Å². The lowest BCUT2D eigenvalue weighted by molar-refractivity contribution is -0.181. The van der Waals surface area contributed by atoms with Gasteiger partial charge in [-0.25, -0.2) is 0 Å². The normalized spacial score (nSPS) is 34.8. The van der Waals surface area contributed by atoms with Gasteiger partial charge < -0.3 is 14.2 Å². The van der Waals surface area contributed by atoms with Gasteiger partial charge in [0.15, 0.2) is 0 Å². The van der Waals surface area contributed by atoms with Gasteiger partial charge in [-0.05, 0) is 29.2 Å². The zero-order chi connectivity index (χ0) is 18.4. The molecule has 25 heavy (non-hydrogen) atoms. The molecule has 0 aromatic carbocycles. The van der Waals surface area contributed by atoms with Gasteiger partial charge in [-0.2, -0.15) is 0 Å². The molecule has 1 heterocycles. The van der Waals surface area contributed by atoms with Crippen molar-refractivity contribution >= 4 is 18.2 Å². The second-order valence-corrected chi connectivity index (χ2v) is 7.65. The molecule has 6 nitrogen and oxygen atoms in total. The number of carbonyl (C=O) groups is 3. The molecule has 0 saturated heterocycles. The third-order valence-electron chi connectivity index (χ3n) is 5.84. The number of allylic oxidation sites excluding steroid dienone is 1. The fourth-order valence-electron chi connectivity index (χ4n) is 4.59. The summed E-state index contributed by atoms with van der Waals surface area (Å²) < 4.78 is 16.2. The summed E-state index contributed by atoms with van der Waals surface area (Å²) in [5.41, 5.74) is 1.54. The molecule has 0 bridgehead atoms. The summed E-state index contributed by atoms with van der Waals surface area (Å²) in [6, 6.07) is 0. The van der Waals surface area contributed by atoms with Crippen molar-refractivity contribution in [1.82, 2.24) is 0 Å². The number of hydrogen-bond acceptors (Lipinski definition) is 6. The lowest BCUT2D eigenvalue weighted by Crippen LogP contribution is -2.41. The Morgan fingerprint density at radius 1 is 1.28 bits per heavy atom. The zero-order valence-corrected chi connectivity index (χ0v) is 15.0. The van der Waals surface area contributed by atoms with E-state index in [9.17, 15) is 14.4 Å². The van der Waals surface area contributed by atoms with E-state index in [1.807, 2.05) is 6.08 Å². The minimum Gasteiger partial charge on any atom is -0.462 e. The van der Waals surface area contributed by atoms with Crippen molar-refractivity contribution in [3.8, 4) is 0 Å². The van der Waals surface area contributed by atoms with Crippen molar-refractivity contribution in [1.29, 1.82) is 0 Å². The first-order valence-electron chi connectivity index (χ1n) is 8.57. The first kappa shape index (κ1) is 17.7. The predicted molar refractivity (Wildman–Crippen MR) is 87.9 cm³/mol. The van der Waals surface area contributed by atoms with Gasteiger partial charge in [-0.15, -0.1) is 0 Å². The SMILES string of the molecule is CC(=O)OCC1=COC(OC(C)=O)C2C(C=O)=CCC3C(C12)C3(C)C. The highest BCUT2D eigenvalue weighted by Crippen LogP contribution is 2.68. The van der Waals surface area contributed by atoms with E-state index < -0.39 is 12.3 Å². The third-order valence-corrected chi connectivity index (χ3v) is 5.84. The molecule has 5 atom stereocenters. The van der Waals surface area contributed by atoms with Crippen LogP contribution in [0, 0.1) is 29.1 Å². The summed E-state index contributed by atoms with van der Waals surface area (Å²) in [6.07, 6.45) is 4.28. The Hall–Kier alpha value is -2.11. The van der Waals surface area contributed by atoms with E-state index >= 15 is 0 Å². The van der Waals surface area contributed by atoms with Gasteiger partial charge in [0.2, 0.25) is 0 Å². The van der Waals surface area contributed by atoms with Crippen molar-refractivity contribution in [3.63, 3.8) is 0 Å². The van der Waals surface area contributed by atoms with Gasteiger partial charge in [0.05, 0.1) is 12.2 Å². The Morgan fingerprint density at radius 3 is 2.60 bits per heavy atom. The second kappa shape index (κ2) is 6.32. The summed E-state index contributed by atoms with van der Waals surface area (Å²) in [4.78, 5) is 34.4. The van der Waals surface area contributed by atoms with E-state index in [-0.39, 0.29) is 29.8 Å². The average molecular weight is 348 g/mol. The lowest BCUT2D eigenvalue weighted by Gasteiger charge is -2.38. The molecule has 3 rings (SSSR count). The quantitative estimate of drug-likeness (QED) is 0.573. The van der Waals surface area contributed by atoms with Crippen LogP contribution in [0.3, 0.4) is 0 Å². The average Bonchev–Trinajstić information content (AvgIpc) is 3.13. The molecule has 3 aliphatic rings. The third kappa shape index (κ3) is 3.10. The van der Waals surface area contributed by atoms with Crippen LogP contribution < -0.4 is 0 Å². The molecule has 5 unspecified atom stereocenters. The number of rotatable bonds is 4. The monoisotopic (exact) mass is 348 g/mol. The summed E-state index contributed by atoms with van der Waals surface area (Å²) in [5, 5.41) is 0. The molecule has 1 fully saturated rings. The van der Waals surface area contributed by atoms with Gasteiger partial charge in [-0.1, -0.05) is 19.9 Å². The number of aldehydes is 1. The molecule has 1 saturated carbocycles. The van der Waals surface area contributed by atoms with Gasteiger partial charge in [-0.3, -0.25) is 14.4 Å². The number of ether oxygens (including phenoxy) is 3. The maximum Gasteiger partial charge on any atom is 0.305 e. The summed E-state index contributed by atoms with van der Waals surface area (Å²) in [6.45, 7) is 7.21. The van der Waals surface area contributed by atoms with E-state index in [2.05, 4.69) is 13.8 Å². The van der Waals surface area contributed by atoms with Crippen molar-refractivity contribution < 1.29 is 28.6 Å².